The predicted octanol–water partition coefficient (Wildman–Crippen LogP) is 1.74. The van der Waals surface area contributed by atoms with Gasteiger partial charge in [-0.3, -0.25) is 14.3 Å². The van der Waals surface area contributed by atoms with E-state index in [4.69, 9.17) is 0 Å². The molecule has 5 nitrogen and oxygen atoms in total. The minimum absolute atomic E-state index is 0.0642. The molecule has 88 valence electrons. The Bertz CT molecular complexity index is 593. The lowest BCUT2D eigenvalue weighted by molar-refractivity contribution is 0.101. The second-order valence-electron chi connectivity index (χ2n) is 3.99. The topological polar surface area (TPSA) is 67.8 Å². The van der Waals surface area contributed by atoms with Crippen molar-refractivity contribution in [3.8, 4) is 11.1 Å². The van der Waals surface area contributed by atoms with Crippen LogP contribution in [0, 0.1) is 6.92 Å². The summed E-state index contributed by atoms with van der Waals surface area (Å²) >= 11 is 0. The average molecular weight is 231 g/mol. The normalized spacial score (nSPS) is 10.5. The Hall–Kier alpha value is -2.17. The monoisotopic (exact) mass is 231 g/mol. The molecule has 0 fully saturated rings. The molecule has 2 rings (SSSR count). The number of aldehydes is 1. The predicted molar refractivity (Wildman–Crippen MR) is 63.1 cm³/mol. The largest absolute Gasteiger partial charge is 0.355 e. The van der Waals surface area contributed by atoms with Crippen LogP contribution < -0.4 is 0 Å². The zero-order valence-corrected chi connectivity index (χ0v) is 9.94. The third-order valence-corrected chi connectivity index (χ3v) is 2.68. The van der Waals surface area contributed by atoms with E-state index in [1.54, 1.807) is 31.0 Å². The van der Waals surface area contributed by atoms with Gasteiger partial charge in [0.25, 0.3) is 0 Å². The number of Topliss-reactive ketones (excluding diaryl/α,β-unsaturated/α-hetero) is 1. The molecule has 0 spiro atoms. The Kier molecular flexibility index (Phi) is 2.67. The van der Waals surface area contributed by atoms with E-state index in [0.29, 0.717) is 22.5 Å². The van der Waals surface area contributed by atoms with E-state index in [1.807, 2.05) is 0 Å². The molecule has 1 N–H and O–H groups in total. The number of hydrogen-bond acceptors (Lipinski definition) is 3. The Labute approximate surface area is 98.5 Å². The summed E-state index contributed by atoms with van der Waals surface area (Å²) in [5.41, 5.74) is 3.08. The molecule has 0 amide bonds. The van der Waals surface area contributed by atoms with Crippen LogP contribution in [-0.4, -0.2) is 26.8 Å². The molecule has 0 saturated heterocycles. The molecule has 17 heavy (non-hydrogen) atoms. The maximum Gasteiger partial charge on any atom is 0.166 e. The van der Waals surface area contributed by atoms with Crippen molar-refractivity contribution < 1.29 is 9.59 Å². The molecule has 0 bridgehead atoms. The molecule has 0 unspecified atom stereocenters. The van der Waals surface area contributed by atoms with Crippen LogP contribution in [-0.2, 0) is 7.05 Å². The van der Waals surface area contributed by atoms with Crippen molar-refractivity contribution in [3.05, 3.63) is 29.3 Å². The molecule has 0 aliphatic rings. The van der Waals surface area contributed by atoms with Crippen LogP contribution in [0.25, 0.3) is 11.1 Å². The standard InChI is InChI=1S/C12H13N3O2/c1-7-11(8(2)17)12(10(6-16)14-7)9-4-13-15(3)5-9/h4-6,14H,1-3H3. The first-order valence-electron chi connectivity index (χ1n) is 5.22. The zero-order valence-electron chi connectivity index (χ0n) is 9.94. The molecule has 0 aliphatic carbocycles. The molecule has 2 aromatic heterocycles. The van der Waals surface area contributed by atoms with Gasteiger partial charge in [-0.2, -0.15) is 5.10 Å². The molecule has 0 radical (unpaired) electrons. The highest BCUT2D eigenvalue weighted by Gasteiger charge is 2.20. The van der Waals surface area contributed by atoms with Gasteiger partial charge in [0, 0.05) is 35.6 Å². The van der Waals surface area contributed by atoms with Crippen LogP contribution in [0.2, 0.25) is 0 Å². The number of ketones is 1. The summed E-state index contributed by atoms with van der Waals surface area (Å²) in [6, 6.07) is 0. The van der Waals surface area contributed by atoms with Gasteiger partial charge >= 0.3 is 0 Å². The van der Waals surface area contributed by atoms with E-state index in [9.17, 15) is 9.59 Å². The van der Waals surface area contributed by atoms with Crippen molar-refractivity contribution >= 4 is 12.1 Å². The van der Waals surface area contributed by atoms with Crippen molar-refractivity contribution in [3.63, 3.8) is 0 Å². The molecule has 0 saturated carbocycles. The van der Waals surface area contributed by atoms with Gasteiger partial charge in [-0.05, 0) is 13.8 Å². The lowest BCUT2D eigenvalue weighted by Gasteiger charge is -1.99. The van der Waals surface area contributed by atoms with E-state index >= 15 is 0 Å². The van der Waals surface area contributed by atoms with Crippen LogP contribution in [0.3, 0.4) is 0 Å². The number of hydrogen-bond donors (Lipinski definition) is 1. The van der Waals surface area contributed by atoms with Crippen LogP contribution in [0.15, 0.2) is 12.4 Å². The third kappa shape index (κ3) is 1.80. The number of aromatic amines is 1. The van der Waals surface area contributed by atoms with Crippen LogP contribution in [0.1, 0.15) is 33.5 Å². The smallest absolute Gasteiger partial charge is 0.166 e. The highest BCUT2D eigenvalue weighted by atomic mass is 16.1. The van der Waals surface area contributed by atoms with Gasteiger partial charge in [0.2, 0.25) is 0 Å². The number of H-pyrrole nitrogens is 1. The van der Waals surface area contributed by atoms with Crippen molar-refractivity contribution in [1.82, 2.24) is 14.8 Å². The van der Waals surface area contributed by atoms with Gasteiger partial charge in [-0.15, -0.1) is 0 Å². The summed E-state index contributed by atoms with van der Waals surface area (Å²) in [6.45, 7) is 3.27. The lowest BCUT2D eigenvalue weighted by Crippen LogP contribution is -1.95. The van der Waals surface area contributed by atoms with Crippen molar-refractivity contribution in [2.75, 3.05) is 0 Å². The van der Waals surface area contributed by atoms with Crippen molar-refractivity contribution in [2.24, 2.45) is 7.05 Å². The van der Waals surface area contributed by atoms with Crippen molar-refractivity contribution in [2.45, 2.75) is 13.8 Å². The molecular formula is C12H13N3O2. The first kappa shape index (κ1) is 11.3. The molecular weight excluding hydrogens is 218 g/mol. The first-order chi connectivity index (χ1) is 8.04. The summed E-state index contributed by atoms with van der Waals surface area (Å²) in [5.74, 6) is -0.0642. The summed E-state index contributed by atoms with van der Waals surface area (Å²) in [4.78, 5) is 25.6. The van der Waals surface area contributed by atoms with Gasteiger partial charge in [-0.25, -0.2) is 0 Å². The molecule has 2 heterocycles. The fourth-order valence-corrected chi connectivity index (χ4v) is 2.03. The Morgan fingerprint density at radius 3 is 2.71 bits per heavy atom. The first-order valence-corrected chi connectivity index (χ1v) is 5.22. The molecule has 0 aliphatic heterocycles. The average Bonchev–Trinajstić information content (AvgIpc) is 2.81. The number of aryl methyl sites for hydroxylation is 2. The van der Waals surface area contributed by atoms with Crippen LogP contribution >= 0.6 is 0 Å². The minimum Gasteiger partial charge on any atom is -0.355 e. The number of carbonyl (C=O) groups excluding carboxylic acids is 2. The van der Waals surface area contributed by atoms with Gasteiger partial charge in [-0.1, -0.05) is 0 Å². The fraction of sp³-hybridized carbons (Fsp3) is 0.250. The summed E-state index contributed by atoms with van der Waals surface area (Å²) in [6.07, 6.45) is 4.14. The Morgan fingerprint density at radius 2 is 2.24 bits per heavy atom. The number of aromatic nitrogens is 3. The van der Waals surface area contributed by atoms with Gasteiger partial charge in [0.15, 0.2) is 12.1 Å². The van der Waals surface area contributed by atoms with Gasteiger partial charge in [0.05, 0.1) is 11.9 Å². The number of rotatable bonds is 3. The van der Waals surface area contributed by atoms with E-state index in [-0.39, 0.29) is 5.78 Å². The Balaban J connectivity index is 2.73. The SMILES string of the molecule is CC(=O)c1c(C)[nH]c(C=O)c1-c1cnn(C)c1. The summed E-state index contributed by atoms with van der Waals surface area (Å²) in [7, 11) is 1.79. The van der Waals surface area contributed by atoms with E-state index in [1.165, 1.54) is 6.92 Å². The van der Waals surface area contributed by atoms with Gasteiger partial charge < -0.3 is 4.98 Å². The lowest BCUT2D eigenvalue weighted by atomic mass is 10.0. The quantitative estimate of drug-likeness (QED) is 0.646. The number of nitrogens with zero attached hydrogens (tertiary/aromatic N) is 2. The molecule has 0 aromatic carbocycles. The maximum atomic E-state index is 11.6. The summed E-state index contributed by atoms with van der Waals surface area (Å²) < 4.78 is 1.64. The van der Waals surface area contributed by atoms with Crippen LogP contribution in [0.5, 0.6) is 0 Å². The highest BCUT2D eigenvalue weighted by molar-refractivity contribution is 6.05. The number of carbonyl (C=O) groups is 2. The van der Waals surface area contributed by atoms with Gasteiger partial charge in [0.1, 0.15) is 0 Å². The Morgan fingerprint density at radius 1 is 1.53 bits per heavy atom. The van der Waals surface area contributed by atoms with E-state index in [2.05, 4.69) is 10.1 Å². The third-order valence-electron chi connectivity index (χ3n) is 2.68. The van der Waals surface area contributed by atoms with Crippen LogP contribution in [0.4, 0.5) is 0 Å². The maximum absolute atomic E-state index is 11.6. The van der Waals surface area contributed by atoms with E-state index < -0.39 is 0 Å². The highest BCUT2D eigenvalue weighted by Crippen LogP contribution is 2.29. The number of nitrogens with one attached hydrogen (secondary N) is 1. The fourth-order valence-electron chi connectivity index (χ4n) is 2.03. The van der Waals surface area contributed by atoms with E-state index in [0.717, 1.165) is 11.8 Å². The second kappa shape index (κ2) is 4.01. The zero-order chi connectivity index (χ0) is 12.6. The molecule has 0 atom stereocenters. The second-order valence-corrected chi connectivity index (χ2v) is 3.99. The summed E-state index contributed by atoms with van der Waals surface area (Å²) in [5, 5.41) is 4.05. The molecule has 2 aromatic rings. The van der Waals surface area contributed by atoms with Crippen molar-refractivity contribution in [1.29, 1.82) is 0 Å². The molecule has 5 heteroatoms. The minimum atomic E-state index is -0.0642.